The summed E-state index contributed by atoms with van der Waals surface area (Å²) in [4.78, 5) is 17.7. The van der Waals surface area contributed by atoms with Gasteiger partial charge in [0.2, 0.25) is 5.95 Å². The minimum atomic E-state index is 0.164. The summed E-state index contributed by atoms with van der Waals surface area (Å²) in [6.45, 7) is 0. The van der Waals surface area contributed by atoms with E-state index in [0.717, 1.165) is 72.7 Å². The molecule has 11 rings (SSSR count). The van der Waals surface area contributed by atoms with Crippen molar-refractivity contribution in [1.29, 1.82) is 0 Å². The van der Waals surface area contributed by atoms with Gasteiger partial charge in [0.25, 0.3) is 0 Å². The van der Waals surface area contributed by atoms with Crippen LogP contribution in [0.3, 0.4) is 0 Å². The van der Waals surface area contributed by atoms with Gasteiger partial charge in [-0.2, -0.15) is 9.97 Å². The molecule has 1 unspecified atom stereocenters. The van der Waals surface area contributed by atoms with Crippen molar-refractivity contribution in [3.63, 3.8) is 0 Å². The van der Waals surface area contributed by atoms with Gasteiger partial charge in [-0.05, 0) is 66.1 Å². The number of allylic oxidation sites excluding steroid dienone is 2. The van der Waals surface area contributed by atoms with Crippen molar-refractivity contribution >= 4 is 55.1 Å². The molecule has 270 valence electrons. The number of aromatic nitrogens is 4. The first-order chi connectivity index (χ1) is 28.2. The number of para-hydroxylation sites is 2. The molecule has 1 aliphatic rings. The molecule has 3 aromatic heterocycles. The second-order valence-electron chi connectivity index (χ2n) is 14.4. The van der Waals surface area contributed by atoms with Gasteiger partial charge in [0.05, 0.1) is 17.1 Å². The van der Waals surface area contributed by atoms with Crippen molar-refractivity contribution in [3.8, 4) is 39.9 Å². The standard InChI is InChI=1S/C51H35N5O/c1-4-14-34(15-5-1)35-24-27-39(28-25-35)55(38-18-8-3-9-19-38)40-29-31-44-43-30-26-37(32-47(43)57-48(44)33-40)50-52-49(36-16-6-2-7-17-36)53-51(54-50)56-45-22-12-10-20-41(45)42-21-11-13-23-46(42)56/h1-18,20-33,38H,19H2. The summed E-state index contributed by atoms with van der Waals surface area (Å²) >= 11 is 0. The third-order valence-corrected chi connectivity index (χ3v) is 11.0. The van der Waals surface area contributed by atoms with Crippen LogP contribution < -0.4 is 4.90 Å². The lowest BCUT2D eigenvalue weighted by Gasteiger charge is -2.32. The molecule has 0 saturated carbocycles. The number of fused-ring (bicyclic) bond motifs is 6. The Morgan fingerprint density at radius 2 is 1.04 bits per heavy atom. The number of benzene rings is 7. The Morgan fingerprint density at radius 1 is 0.474 bits per heavy atom. The van der Waals surface area contributed by atoms with Gasteiger partial charge < -0.3 is 9.32 Å². The van der Waals surface area contributed by atoms with E-state index in [9.17, 15) is 0 Å². The van der Waals surface area contributed by atoms with Gasteiger partial charge in [0, 0.05) is 50.1 Å². The van der Waals surface area contributed by atoms with Gasteiger partial charge in [0.1, 0.15) is 11.2 Å². The number of hydrogen-bond donors (Lipinski definition) is 0. The van der Waals surface area contributed by atoms with Crippen molar-refractivity contribution in [1.82, 2.24) is 19.5 Å². The van der Waals surface area contributed by atoms with E-state index < -0.39 is 0 Å². The van der Waals surface area contributed by atoms with Crippen LogP contribution in [0.2, 0.25) is 0 Å². The highest BCUT2D eigenvalue weighted by atomic mass is 16.3. The number of anilines is 2. The SMILES string of the molecule is C1=CCC(N(c2ccc(-c3ccccc3)cc2)c2ccc3c(c2)oc2cc(-c4nc(-c5ccccc5)nc(-n5c6ccccc6c6ccccc65)n4)ccc23)C=C1. The second kappa shape index (κ2) is 13.6. The summed E-state index contributed by atoms with van der Waals surface area (Å²) in [5.74, 6) is 1.75. The highest BCUT2D eigenvalue weighted by Crippen LogP contribution is 2.39. The molecule has 6 heteroatoms. The van der Waals surface area contributed by atoms with Crippen LogP contribution in [0.15, 0.2) is 199 Å². The molecule has 0 aliphatic heterocycles. The Bertz CT molecular complexity index is 3110. The maximum absolute atomic E-state index is 6.70. The van der Waals surface area contributed by atoms with E-state index in [4.69, 9.17) is 19.4 Å². The van der Waals surface area contributed by atoms with Gasteiger partial charge in [-0.15, -0.1) is 0 Å². The molecular weight excluding hydrogens is 699 g/mol. The summed E-state index contributed by atoms with van der Waals surface area (Å²) in [5, 5.41) is 4.40. The molecule has 57 heavy (non-hydrogen) atoms. The number of nitrogens with zero attached hydrogens (tertiary/aromatic N) is 5. The minimum Gasteiger partial charge on any atom is -0.456 e. The largest absolute Gasteiger partial charge is 0.456 e. The van der Waals surface area contributed by atoms with Gasteiger partial charge in [-0.25, -0.2) is 4.98 Å². The van der Waals surface area contributed by atoms with Crippen LogP contribution >= 0.6 is 0 Å². The lowest BCUT2D eigenvalue weighted by Crippen LogP contribution is -2.29. The first kappa shape index (κ1) is 32.8. The molecule has 0 bridgehead atoms. The molecule has 1 atom stereocenters. The Morgan fingerprint density at radius 3 is 1.72 bits per heavy atom. The fraction of sp³-hybridized carbons (Fsp3) is 0.0392. The van der Waals surface area contributed by atoms with Gasteiger partial charge in [0.15, 0.2) is 11.6 Å². The molecule has 0 N–H and O–H groups in total. The van der Waals surface area contributed by atoms with E-state index >= 15 is 0 Å². The van der Waals surface area contributed by atoms with E-state index in [1.54, 1.807) is 0 Å². The molecule has 0 radical (unpaired) electrons. The molecular formula is C51H35N5O. The number of furan rings is 1. The van der Waals surface area contributed by atoms with Crippen molar-refractivity contribution in [2.45, 2.75) is 12.5 Å². The predicted octanol–water partition coefficient (Wildman–Crippen LogP) is 12.9. The van der Waals surface area contributed by atoms with Crippen molar-refractivity contribution in [3.05, 3.63) is 194 Å². The minimum absolute atomic E-state index is 0.164. The Labute approximate surface area is 329 Å². The Hall–Kier alpha value is -7.57. The average Bonchev–Trinajstić information content (AvgIpc) is 3.82. The van der Waals surface area contributed by atoms with Crippen LogP contribution in [0.25, 0.3) is 83.6 Å². The van der Waals surface area contributed by atoms with Crippen LogP contribution in [0, 0.1) is 0 Å². The zero-order valence-corrected chi connectivity index (χ0v) is 30.9. The second-order valence-corrected chi connectivity index (χ2v) is 14.4. The fourth-order valence-electron chi connectivity index (χ4n) is 8.24. The van der Waals surface area contributed by atoms with Crippen molar-refractivity contribution in [2.24, 2.45) is 0 Å². The molecule has 0 spiro atoms. The molecule has 7 aromatic carbocycles. The average molecular weight is 734 g/mol. The lowest BCUT2D eigenvalue weighted by atomic mass is 10.0. The smallest absolute Gasteiger partial charge is 0.238 e. The predicted molar refractivity (Wildman–Crippen MR) is 233 cm³/mol. The van der Waals surface area contributed by atoms with Crippen molar-refractivity contribution in [2.75, 3.05) is 4.90 Å². The fourth-order valence-corrected chi connectivity index (χ4v) is 8.24. The number of hydrogen-bond acceptors (Lipinski definition) is 5. The molecule has 3 heterocycles. The summed E-state index contributed by atoms with van der Waals surface area (Å²) in [6.07, 6.45) is 9.67. The van der Waals surface area contributed by atoms with Gasteiger partial charge in [-0.1, -0.05) is 140 Å². The van der Waals surface area contributed by atoms with E-state index in [2.05, 4.69) is 173 Å². The molecule has 0 saturated heterocycles. The van der Waals surface area contributed by atoms with E-state index in [-0.39, 0.29) is 6.04 Å². The molecule has 10 aromatic rings. The number of rotatable bonds is 7. The van der Waals surface area contributed by atoms with E-state index in [1.807, 2.05) is 30.3 Å². The molecule has 1 aliphatic carbocycles. The Balaban J connectivity index is 1.02. The summed E-state index contributed by atoms with van der Waals surface area (Å²) in [6, 6.07) is 59.3. The molecule has 6 nitrogen and oxygen atoms in total. The van der Waals surface area contributed by atoms with Crippen LogP contribution in [0.1, 0.15) is 6.42 Å². The van der Waals surface area contributed by atoms with Crippen LogP contribution in [-0.2, 0) is 0 Å². The highest BCUT2D eigenvalue weighted by Gasteiger charge is 2.22. The molecule has 0 fully saturated rings. The zero-order valence-electron chi connectivity index (χ0n) is 30.9. The monoisotopic (exact) mass is 733 g/mol. The van der Waals surface area contributed by atoms with Gasteiger partial charge >= 0.3 is 0 Å². The summed E-state index contributed by atoms with van der Waals surface area (Å²) < 4.78 is 8.84. The maximum atomic E-state index is 6.70. The van der Waals surface area contributed by atoms with Crippen molar-refractivity contribution < 1.29 is 4.42 Å². The summed E-state index contributed by atoms with van der Waals surface area (Å²) in [5.41, 5.74) is 10.0. The summed E-state index contributed by atoms with van der Waals surface area (Å²) in [7, 11) is 0. The van der Waals surface area contributed by atoms with Gasteiger partial charge in [-0.3, -0.25) is 4.57 Å². The third kappa shape index (κ3) is 5.78. The van der Waals surface area contributed by atoms with Crippen LogP contribution in [0.5, 0.6) is 0 Å². The third-order valence-electron chi connectivity index (χ3n) is 11.0. The van der Waals surface area contributed by atoms with Crippen LogP contribution in [0.4, 0.5) is 11.4 Å². The highest BCUT2D eigenvalue weighted by molar-refractivity contribution is 6.09. The van der Waals surface area contributed by atoms with E-state index in [0.29, 0.717) is 17.6 Å². The lowest BCUT2D eigenvalue weighted by molar-refractivity contribution is 0.668. The Kier molecular flexibility index (Phi) is 7.84. The van der Waals surface area contributed by atoms with Crippen LogP contribution in [-0.4, -0.2) is 25.6 Å². The zero-order chi connectivity index (χ0) is 37.7. The topological polar surface area (TPSA) is 60.0 Å². The first-order valence-electron chi connectivity index (χ1n) is 19.3. The first-order valence-corrected chi connectivity index (χ1v) is 19.3. The normalized spacial score (nSPS) is 13.9. The quantitative estimate of drug-likeness (QED) is 0.163. The maximum Gasteiger partial charge on any atom is 0.238 e. The molecule has 0 amide bonds. The van der Waals surface area contributed by atoms with E-state index in [1.165, 1.54) is 11.1 Å².